The van der Waals surface area contributed by atoms with Crippen molar-refractivity contribution in [1.29, 1.82) is 0 Å². The summed E-state index contributed by atoms with van der Waals surface area (Å²) in [7, 11) is 0. The van der Waals surface area contributed by atoms with E-state index >= 15 is 0 Å². The van der Waals surface area contributed by atoms with Crippen molar-refractivity contribution >= 4 is 64.1 Å². The second kappa shape index (κ2) is 14.0. The number of pyridine rings is 3. The predicted molar refractivity (Wildman–Crippen MR) is 231 cm³/mol. The minimum absolute atomic E-state index is 0.0202. The summed E-state index contributed by atoms with van der Waals surface area (Å²) in [6, 6.07) is 44.9. The minimum Gasteiger partial charge on any atom is -0.0345 e. The molecular weight excluding hydrogens is 756 g/mol. The van der Waals surface area contributed by atoms with Gasteiger partial charge in [0.25, 0.3) is 0 Å². The maximum atomic E-state index is 6.70. The molecule has 0 saturated heterocycles. The van der Waals surface area contributed by atoms with Crippen LogP contribution in [0.15, 0.2) is 146 Å². The monoisotopic (exact) mass is 800 g/mol. The molecule has 0 bridgehead atoms. The van der Waals surface area contributed by atoms with Crippen molar-refractivity contribution in [3.8, 4) is 22.6 Å². The second-order valence-corrected chi connectivity index (χ2v) is 18.6. The predicted octanol–water partition coefficient (Wildman–Crippen LogP) is 10.6. The van der Waals surface area contributed by atoms with Gasteiger partial charge in [0.05, 0.1) is 0 Å². The van der Waals surface area contributed by atoms with E-state index in [9.17, 15) is 0 Å². The number of benzene rings is 4. The van der Waals surface area contributed by atoms with Gasteiger partial charge in [-0.25, -0.2) is 0 Å². The summed E-state index contributed by atoms with van der Waals surface area (Å²) in [6.07, 6.45) is 5.65. The maximum Gasteiger partial charge on any atom is -0.0345 e. The zero-order chi connectivity index (χ0) is 38.6. The quantitative estimate of drug-likeness (QED) is 0.155. The summed E-state index contributed by atoms with van der Waals surface area (Å²) >= 11 is 0.0901. The first-order valence-electron chi connectivity index (χ1n) is 19.0. The van der Waals surface area contributed by atoms with Gasteiger partial charge in [-0.05, 0) is 34.2 Å². The molecule has 7 nitrogen and oxygen atoms in total. The van der Waals surface area contributed by atoms with Gasteiger partial charge in [0.2, 0.25) is 0 Å². The Labute approximate surface area is 335 Å². The number of hydrogen-bond donors (Lipinski definition) is 0. The van der Waals surface area contributed by atoms with Crippen LogP contribution in [0.3, 0.4) is 0 Å². The van der Waals surface area contributed by atoms with Gasteiger partial charge in [0, 0.05) is 6.20 Å². The van der Waals surface area contributed by atoms with Crippen LogP contribution in [0.25, 0.3) is 11.1 Å². The van der Waals surface area contributed by atoms with Gasteiger partial charge in [-0.3, -0.25) is 0 Å². The van der Waals surface area contributed by atoms with E-state index in [1.54, 1.807) is 0 Å². The second-order valence-electron chi connectivity index (χ2n) is 16.4. The van der Waals surface area contributed by atoms with Gasteiger partial charge in [-0.2, -0.15) is 0 Å². The van der Waals surface area contributed by atoms with Crippen LogP contribution in [-0.2, 0) is 10.8 Å². The molecule has 2 aliphatic heterocycles. The topological polar surface area (TPSA) is 57.6 Å². The average Bonchev–Trinajstić information content (AvgIpc) is 3.60. The molecule has 3 aromatic heterocycles. The zero-order valence-electron chi connectivity index (χ0n) is 32.6. The molecule has 5 heterocycles. The van der Waals surface area contributed by atoms with E-state index in [0.29, 0.717) is 6.67 Å². The van der Waals surface area contributed by atoms with E-state index in [2.05, 4.69) is 165 Å². The largest absolute Gasteiger partial charge is 0.0345 e. The van der Waals surface area contributed by atoms with Gasteiger partial charge >= 0.3 is 240 Å². The van der Waals surface area contributed by atoms with Crippen molar-refractivity contribution in [3.05, 3.63) is 157 Å². The molecule has 8 heteroatoms. The fourth-order valence-electron chi connectivity index (χ4n) is 7.29. The fraction of sp³-hybridized carbons (Fsp3) is 0.188. The third kappa shape index (κ3) is 6.80. The first-order chi connectivity index (χ1) is 27.0. The number of aromatic nitrogens is 3. The van der Waals surface area contributed by atoms with Crippen LogP contribution in [0.4, 0.5) is 40.2 Å². The van der Waals surface area contributed by atoms with Gasteiger partial charge in [-0.1, -0.05) is 57.2 Å². The molecule has 0 atom stereocenters. The Kier molecular flexibility index (Phi) is 8.91. The Balaban J connectivity index is 1.05. The maximum absolute atomic E-state index is 6.70. The van der Waals surface area contributed by atoms with Crippen LogP contribution < -0.4 is 28.4 Å². The third-order valence-electron chi connectivity index (χ3n) is 10.4. The average molecular weight is 800 g/mol. The number of ether oxygens (including phenoxy) is 1. The van der Waals surface area contributed by atoms with Crippen LogP contribution in [-0.4, -0.2) is 36.6 Å². The summed E-state index contributed by atoms with van der Waals surface area (Å²) in [5.41, 5.74) is 9.08. The van der Waals surface area contributed by atoms with E-state index in [1.807, 2.05) is 36.8 Å². The molecule has 7 aromatic rings. The molecule has 4 aromatic carbocycles. The summed E-state index contributed by atoms with van der Waals surface area (Å²) < 4.78 is 9.18. The molecule has 0 unspecified atom stereocenters. The van der Waals surface area contributed by atoms with Crippen LogP contribution >= 0.6 is 0 Å². The molecular formula is C48H44N6OSe. The molecule has 2 aliphatic rings. The van der Waals surface area contributed by atoms with Crippen LogP contribution in [0.2, 0.25) is 0 Å². The Bertz CT molecular complexity index is 2580. The molecule has 0 N–H and O–H groups in total. The molecule has 0 aliphatic carbocycles. The van der Waals surface area contributed by atoms with Crippen LogP contribution in [0.1, 0.15) is 52.7 Å². The molecule has 0 spiro atoms. The number of anilines is 7. The first-order valence-corrected chi connectivity index (χ1v) is 20.7. The molecule has 278 valence electrons. The Morgan fingerprint density at radius 2 is 1.29 bits per heavy atom. The third-order valence-corrected chi connectivity index (χ3v) is 12.7. The smallest absolute Gasteiger partial charge is 0.0345 e. The van der Waals surface area contributed by atoms with E-state index in [4.69, 9.17) is 19.7 Å². The van der Waals surface area contributed by atoms with Crippen molar-refractivity contribution in [2.24, 2.45) is 0 Å². The fourth-order valence-corrected chi connectivity index (χ4v) is 9.41. The molecule has 0 radical (unpaired) electrons. The summed E-state index contributed by atoms with van der Waals surface area (Å²) in [5, 5.41) is 0. The van der Waals surface area contributed by atoms with Gasteiger partial charge in [0.1, 0.15) is 0 Å². The van der Waals surface area contributed by atoms with Crippen LogP contribution in [0, 0.1) is 0 Å². The van der Waals surface area contributed by atoms with Crippen molar-refractivity contribution in [2.45, 2.75) is 52.4 Å². The molecule has 0 fully saturated rings. The Hall–Kier alpha value is -5.95. The van der Waals surface area contributed by atoms with Crippen molar-refractivity contribution in [3.63, 3.8) is 0 Å². The SMILES string of the molecule is CC(C)(C)c1cc(-c2ccccc2)cc(N2CN(c3cccc(Oc4ccc5c(c4)N(c4cc(C(C)(C)C)ccn4)c4ncccc4[Se]5)c3)c3cccnc32)c1. The number of hydrogen-bond acceptors (Lipinski definition) is 7. The van der Waals surface area contributed by atoms with Crippen molar-refractivity contribution in [1.82, 2.24) is 15.0 Å². The Morgan fingerprint density at radius 1 is 0.518 bits per heavy atom. The normalized spacial score (nSPS) is 13.6. The summed E-state index contributed by atoms with van der Waals surface area (Å²) in [4.78, 5) is 21.5. The van der Waals surface area contributed by atoms with E-state index < -0.39 is 0 Å². The molecule has 9 rings (SSSR count). The van der Waals surface area contributed by atoms with Gasteiger partial charge in [0.15, 0.2) is 0 Å². The van der Waals surface area contributed by atoms with E-state index in [-0.39, 0.29) is 25.8 Å². The van der Waals surface area contributed by atoms with E-state index in [0.717, 1.165) is 51.7 Å². The molecule has 56 heavy (non-hydrogen) atoms. The van der Waals surface area contributed by atoms with Gasteiger partial charge in [-0.15, -0.1) is 0 Å². The first kappa shape index (κ1) is 35.7. The van der Waals surface area contributed by atoms with E-state index in [1.165, 1.54) is 31.2 Å². The zero-order valence-corrected chi connectivity index (χ0v) is 34.3. The summed E-state index contributed by atoms with van der Waals surface area (Å²) in [5.74, 6) is 4.21. The number of nitrogens with zero attached hydrogens (tertiary/aromatic N) is 6. The minimum atomic E-state index is -0.0286. The van der Waals surface area contributed by atoms with Crippen molar-refractivity contribution < 1.29 is 4.74 Å². The summed E-state index contributed by atoms with van der Waals surface area (Å²) in [6.45, 7) is 14.1. The number of rotatable bonds is 6. The number of fused-ring (bicyclic) bond motifs is 3. The van der Waals surface area contributed by atoms with Crippen LogP contribution in [0.5, 0.6) is 11.5 Å². The van der Waals surface area contributed by atoms with Crippen molar-refractivity contribution in [2.75, 3.05) is 21.4 Å². The molecule has 0 saturated carbocycles. The standard InChI is InChI=1S/C48H44N6OSe/c1-47(2,3)34-21-24-49-44(28-34)54-41-30-39(19-20-42(41)56-43-18-12-23-51-46(43)54)55-38-16-10-15-36(29-38)52-31-53(45-40(52)17-11-22-50-45)37-26-33(32-13-8-7-9-14-32)25-35(27-37)48(4,5)6/h7-30H,31H2,1-6H3. The molecule has 0 amide bonds. The van der Waals surface area contributed by atoms with Gasteiger partial charge < -0.3 is 0 Å². The Morgan fingerprint density at radius 3 is 2.09 bits per heavy atom.